The summed E-state index contributed by atoms with van der Waals surface area (Å²) in [4.78, 5) is 10.3. The third kappa shape index (κ3) is 5.54. The van der Waals surface area contributed by atoms with Crippen LogP contribution in [0, 0.1) is 6.92 Å². The zero-order valence-corrected chi connectivity index (χ0v) is 10.5. The number of nitrogens with one attached hydrogen (secondary N) is 1. The molecule has 0 saturated carbocycles. The minimum atomic E-state index is -0.711. The maximum Gasteiger partial charge on any atom is 0.303 e. The van der Waals surface area contributed by atoms with Crippen LogP contribution in [0.15, 0.2) is 16.5 Å². The van der Waals surface area contributed by atoms with Gasteiger partial charge in [0.1, 0.15) is 11.5 Å². The molecule has 2 N–H and O–H groups in total. The van der Waals surface area contributed by atoms with Gasteiger partial charge in [-0.25, -0.2) is 0 Å². The van der Waals surface area contributed by atoms with Gasteiger partial charge in [0.05, 0.1) is 6.04 Å². The van der Waals surface area contributed by atoms with Crippen molar-refractivity contribution >= 4 is 5.97 Å². The minimum Gasteiger partial charge on any atom is -0.481 e. The maximum atomic E-state index is 10.3. The first-order valence-corrected chi connectivity index (χ1v) is 6.11. The Hall–Kier alpha value is -1.29. The van der Waals surface area contributed by atoms with Crippen LogP contribution in [-0.4, -0.2) is 17.6 Å². The Bertz CT molecular complexity index is 346. The van der Waals surface area contributed by atoms with E-state index >= 15 is 0 Å². The fourth-order valence-corrected chi connectivity index (χ4v) is 1.68. The summed E-state index contributed by atoms with van der Waals surface area (Å²) in [7, 11) is 0. The monoisotopic (exact) mass is 239 g/mol. The Balaban J connectivity index is 2.08. The fraction of sp³-hybridized carbons (Fsp3) is 0.615. The molecule has 96 valence electrons. The minimum absolute atomic E-state index is 0.211. The molecule has 0 bridgehead atoms. The molecule has 0 radical (unpaired) electrons. The van der Waals surface area contributed by atoms with Crippen molar-refractivity contribution in [3.8, 4) is 0 Å². The molecule has 4 nitrogen and oxygen atoms in total. The lowest BCUT2D eigenvalue weighted by atomic mass is 10.2. The van der Waals surface area contributed by atoms with Gasteiger partial charge in [-0.3, -0.25) is 4.79 Å². The molecular weight excluding hydrogens is 218 g/mol. The molecular formula is C13H21NO3. The van der Waals surface area contributed by atoms with Crippen molar-refractivity contribution in [2.45, 2.75) is 45.6 Å². The number of hydrogen-bond donors (Lipinski definition) is 2. The Morgan fingerprint density at radius 1 is 1.41 bits per heavy atom. The molecule has 0 aliphatic carbocycles. The first-order valence-electron chi connectivity index (χ1n) is 6.11. The van der Waals surface area contributed by atoms with Gasteiger partial charge in [0.25, 0.3) is 0 Å². The van der Waals surface area contributed by atoms with Gasteiger partial charge in [0.15, 0.2) is 0 Å². The van der Waals surface area contributed by atoms with Crippen LogP contribution in [0.2, 0.25) is 0 Å². The molecule has 4 heteroatoms. The lowest BCUT2D eigenvalue weighted by Gasteiger charge is -2.10. The summed E-state index contributed by atoms with van der Waals surface area (Å²) in [5.41, 5.74) is 0. The highest BCUT2D eigenvalue weighted by molar-refractivity contribution is 5.66. The average Bonchev–Trinajstić information content (AvgIpc) is 2.69. The van der Waals surface area contributed by atoms with Crippen LogP contribution in [0.5, 0.6) is 0 Å². The number of hydrogen-bond acceptors (Lipinski definition) is 3. The van der Waals surface area contributed by atoms with Crippen molar-refractivity contribution < 1.29 is 14.3 Å². The van der Waals surface area contributed by atoms with Crippen molar-refractivity contribution in [2.24, 2.45) is 0 Å². The van der Waals surface area contributed by atoms with Crippen LogP contribution >= 0.6 is 0 Å². The Morgan fingerprint density at radius 3 is 2.76 bits per heavy atom. The smallest absolute Gasteiger partial charge is 0.303 e. The third-order valence-corrected chi connectivity index (χ3v) is 2.71. The fourth-order valence-electron chi connectivity index (χ4n) is 1.68. The standard InChI is InChI=1S/C13H21NO3/c1-10-7-8-12(17-10)11(2)14-9-5-3-4-6-13(15)16/h7-8,11,14H,3-6,9H2,1-2H3,(H,15,16). The van der Waals surface area contributed by atoms with Crippen LogP contribution in [0.1, 0.15) is 50.2 Å². The molecule has 1 heterocycles. The molecule has 1 aromatic heterocycles. The highest BCUT2D eigenvalue weighted by Gasteiger charge is 2.07. The van der Waals surface area contributed by atoms with E-state index in [2.05, 4.69) is 12.2 Å². The van der Waals surface area contributed by atoms with Crippen molar-refractivity contribution in [2.75, 3.05) is 6.54 Å². The summed E-state index contributed by atoms with van der Waals surface area (Å²) in [5, 5.41) is 11.8. The zero-order chi connectivity index (χ0) is 12.7. The lowest BCUT2D eigenvalue weighted by molar-refractivity contribution is -0.137. The van der Waals surface area contributed by atoms with E-state index in [-0.39, 0.29) is 12.5 Å². The van der Waals surface area contributed by atoms with Crippen molar-refractivity contribution in [1.82, 2.24) is 5.32 Å². The van der Waals surface area contributed by atoms with E-state index in [4.69, 9.17) is 9.52 Å². The molecule has 1 unspecified atom stereocenters. The number of aliphatic carboxylic acids is 1. The van der Waals surface area contributed by atoms with Crippen LogP contribution in [0.3, 0.4) is 0 Å². The summed E-state index contributed by atoms with van der Waals surface area (Å²) in [5.74, 6) is 1.17. The highest BCUT2D eigenvalue weighted by atomic mass is 16.4. The first-order chi connectivity index (χ1) is 8.09. The summed E-state index contributed by atoms with van der Waals surface area (Å²) in [6.07, 6.45) is 2.97. The predicted octanol–water partition coefficient (Wildman–Crippen LogP) is 2.88. The molecule has 0 saturated heterocycles. The van der Waals surface area contributed by atoms with Crippen LogP contribution < -0.4 is 5.32 Å². The van der Waals surface area contributed by atoms with Crippen LogP contribution in [-0.2, 0) is 4.79 Å². The van der Waals surface area contributed by atoms with E-state index in [9.17, 15) is 4.79 Å². The lowest BCUT2D eigenvalue weighted by Crippen LogP contribution is -2.19. The second-order valence-corrected chi connectivity index (χ2v) is 4.33. The molecule has 0 spiro atoms. The second-order valence-electron chi connectivity index (χ2n) is 4.33. The number of unbranched alkanes of at least 4 members (excludes halogenated alkanes) is 2. The van der Waals surface area contributed by atoms with Crippen molar-refractivity contribution in [1.29, 1.82) is 0 Å². The Morgan fingerprint density at radius 2 is 2.18 bits per heavy atom. The van der Waals surface area contributed by atoms with E-state index < -0.39 is 5.97 Å². The van der Waals surface area contributed by atoms with E-state index in [0.29, 0.717) is 0 Å². The second kappa shape index (κ2) is 7.12. The van der Waals surface area contributed by atoms with Crippen molar-refractivity contribution in [3.05, 3.63) is 23.7 Å². The first kappa shape index (κ1) is 13.8. The summed E-state index contributed by atoms with van der Waals surface area (Å²) < 4.78 is 5.51. The largest absolute Gasteiger partial charge is 0.481 e. The van der Waals surface area contributed by atoms with E-state index in [0.717, 1.165) is 37.3 Å². The van der Waals surface area contributed by atoms with Crippen LogP contribution in [0.4, 0.5) is 0 Å². The molecule has 0 aromatic carbocycles. The number of carboxylic acid groups (broad SMARTS) is 1. The van der Waals surface area contributed by atoms with Gasteiger partial charge in [-0.15, -0.1) is 0 Å². The molecule has 1 rings (SSSR count). The van der Waals surface area contributed by atoms with Gasteiger partial charge in [-0.05, 0) is 45.4 Å². The number of furan rings is 1. The Labute approximate surface area is 102 Å². The Kier molecular flexibility index (Phi) is 5.77. The van der Waals surface area contributed by atoms with Gasteiger partial charge >= 0.3 is 5.97 Å². The third-order valence-electron chi connectivity index (χ3n) is 2.71. The SMILES string of the molecule is Cc1ccc(C(C)NCCCCCC(=O)O)o1. The predicted molar refractivity (Wildman–Crippen MR) is 66.0 cm³/mol. The number of aryl methyl sites for hydroxylation is 1. The molecule has 0 fully saturated rings. The van der Waals surface area contributed by atoms with Gasteiger partial charge in [-0.2, -0.15) is 0 Å². The zero-order valence-electron chi connectivity index (χ0n) is 10.5. The van der Waals surface area contributed by atoms with Gasteiger partial charge < -0.3 is 14.8 Å². The van der Waals surface area contributed by atoms with Gasteiger partial charge in [-0.1, -0.05) is 6.42 Å². The quantitative estimate of drug-likeness (QED) is 0.685. The summed E-state index contributed by atoms with van der Waals surface area (Å²) >= 11 is 0. The normalized spacial score (nSPS) is 12.6. The number of carboxylic acids is 1. The van der Waals surface area contributed by atoms with Crippen LogP contribution in [0.25, 0.3) is 0 Å². The summed E-state index contributed by atoms with van der Waals surface area (Å²) in [6, 6.07) is 4.15. The molecule has 0 aliphatic heterocycles. The van der Waals surface area contributed by atoms with E-state index in [1.165, 1.54) is 0 Å². The maximum absolute atomic E-state index is 10.3. The number of carbonyl (C=O) groups is 1. The molecule has 0 amide bonds. The topological polar surface area (TPSA) is 62.5 Å². The highest BCUT2D eigenvalue weighted by Crippen LogP contribution is 2.15. The summed E-state index contributed by atoms with van der Waals surface area (Å²) in [6.45, 7) is 4.89. The van der Waals surface area contributed by atoms with E-state index in [1.807, 2.05) is 19.1 Å². The molecule has 17 heavy (non-hydrogen) atoms. The molecule has 0 aliphatic rings. The van der Waals surface area contributed by atoms with E-state index in [1.54, 1.807) is 0 Å². The number of rotatable bonds is 8. The molecule has 1 aromatic rings. The van der Waals surface area contributed by atoms with Gasteiger partial charge in [0.2, 0.25) is 0 Å². The average molecular weight is 239 g/mol. The van der Waals surface area contributed by atoms with Crippen molar-refractivity contribution in [3.63, 3.8) is 0 Å². The molecule has 1 atom stereocenters. The van der Waals surface area contributed by atoms with Gasteiger partial charge in [0, 0.05) is 6.42 Å².